The zero-order valence-corrected chi connectivity index (χ0v) is 10.7. The number of rotatable bonds is 4. The number of carbonyl (C=O) groups excluding carboxylic acids is 1. The number of nitrogens with two attached hydrogens (primary N) is 1. The number of imidazole rings is 1. The Balaban J connectivity index is 2.20. The van der Waals surface area contributed by atoms with Gasteiger partial charge in [0.25, 0.3) is 0 Å². The number of nitrogens with one attached hydrogen (secondary N) is 2. The van der Waals surface area contributed by atoms with Crippen molar-refractivity contribution >= 4 is 33.4 Å². The van der Waals surface area contributed by atoms with E-state index in [0.29, 0.717) is 28.4 Å². The van der Waals surface area contributed by atoms with Crippen molar-refractivity contribution in [2.45, 2.75) is 12.1 Å². The van der Waals surface area contributed by atoms with Gasteiger partial charge in [-0.1, -0.05) is 0 Å². The van der Waals surface area contributed by atoms with Crippen LogP contribution in [-0.4, -0.2) is 32.4 Å². The molecule has 0 aliphatic rings. The average molecular weight is 266 g/mol. The maximum Gasteiger partial charge on any atom is 0.233 e. The van der Waals surface area contributed by atoms with Gasteiger partial charge in [0.15, 0.2) is 5.16 Å². The first-order valence-electron chi connectivity index (χ1n) is 5.50. The van der Waals surface area contributed by atoms with Gasteiger partial charge in [-0.25, -0.2) is 4.98 Å². The number of nitrogens with zero attached hydrogens (tertiary/aromatic N) is 1. The number of hydrogen-bond donors (Lipinski definition) is 3. The van der Waals surface area contributed by atoms with E-state index in [2.05, 4.69) is 15.3 Å². The van der Waals surface area contributed by atoms with E-state index in [1.165, 1.54) is 0 Å². The van der Waals surface area contributed by atoms with Crippen LogP contribution in [0.1, 0.15) is 6.92 Å². The lowest BCUT2D eigenvalue weighted by Gasteiger charge is -1.99. The SMILES string of the molecule is CCNC(=O)CS(=O)c1nc2ccc(N)cc2[nH]1. The minimum absolute atomic E-state index is 0.0941. The number of amides is 1. The van der Waals surface area contributed by atoms with Crippen molar-refractivity contribution in [2.75, 3.05) is 18.0 Å². The smallest absolute Gasteiger partial charge is 0.233 e. The number of aromatic amines is 1. The molecular weight excluding hydrogens is 252 g/mol. The molecule has 0 saturated heterocycles. The summed E-state index contributed by atoms with van der Waals surface area (Å²) in [6.07, 6.45) is 0. The molecule has 0 aliphatic carbocycles. The molecule has 2 aromatic rings. The second-order valence-corrected chi connectivity index (χ2v) is 5.13. The fraction of sp³-hybridized carbons (Fsp3) is 0.273. The third-order valence-electron chi connectivity index (χ3n) is 2.34. The van der Waals surface area contributed by atoms with Gasteiger partial charge < -0.3 is 16.0 Å². The third kappa shape index (κ3) is 2.67. The molecule has 0 radical (unpaired) electrons. The largest absolute Gasteiger partial charge is 0.399 e. The van der Waals surface area contributed by atoms with Gasteiger partial charge in [-0.2, -0.15) is 0 Å². The Hall–Kier alpha value is -1.89. The van der Waals surface area contributed by atoms with Crippen molar-refractivity contribution in [1.29, 1.82) is 0 Å². The van der Waals surface area contributed by atoms with Gasteiger partial charge in [0.2, 0.25) is 5.91 Å². The van der Waals surface area contributed by atoms with Crippen molar-refractivity contribution in [3.05, 3.63) is 18.2 Å². The molecule has 1 unspecified atom stereocenters. The average Bonchev–Trinajstić information content (AvgIpc) is 2.72. The monoisotopic (exact) mass is 266 g/mol. The van der Waals surface area contributed by atoms with E-state index in [1.54, 1.807) is 18.2 Å². The molecule has 0 bridgehead atoms. The number of fused-ring (bicyclic) bond motifs is 1. The van der Waals surface area contributed by atoms with Crippen LogP contribution in [0, 0.1) is 0 Å². The molecule has 0 aliphatic heterocycles. The van der Waals surface area contributed by atoms with Crippen LogP contribution in [0.4, 0.5) is 5.69 Å². The summed E-state index contributed by atoms with van der Waals surface area (Å²) in [6, 6.07) is 5.18. The third-order valence-corrected chi connectivity index (χ3v) is 3.49. The highest BCUT2D eigenvalue weighted by molar-refractivity contribution is 7.85. The van der Waals surface area contributed by atoms with Crippen LogP contribution in [0.2, 0.25) is 0 Å². The highest BCUT2D eigenvalue weighted by Gasteiger charge is 2.13. The zero-order chi connectivity index (χ0) is 13.1. The minimum atomic E-state index is -1.47. The summed E-state index contributed by atoms with van der Waals surface area (Å²) in [6.45, 7) is 2.33. The molecular formula is C11H14N4O2S. The lowest BCUT2D eigenvalue weighted by atomic mass is 10.3. The lowest BCUT2D eigenvalue weighted by Crippen LogP contribution is -2.28. The standard InChI is InChI=1S/C11H14N4O2S/c1-2-13-10(16)6-18(17)11-14-8-4-3-7(12)5-9(8)15-11/h3-5H,2,6,12H2,1H3,(H,13,16)(H,14,15). The molecule has 1 aromatic carbocycles. The van der Waals surface area contributed by atoms with Crippen LogP contribution >= 0.6 is 0 Å². The first kappa shape index (κ1) is 12.6. The second kappa shape index (κ2) is 5.18. The number of nitrogen functional groups attached to an aromatic ring is 1. The van der Waals surface area contributed by atoms with Crippen molar-refractivity contribution in [1.82, 2.24) is 15.3 Å². The lowest BCUT2D eigenvalue weighted by molar-refractivity contribution is -0.118. The summed E-state index contributed by atoms with van der Waals surface area (Å²) < 4.78 is 11.9. The normalized spacial score (nSPS) is 12.5. The van der Waals surface area contributed by atoms with Crippen LogP contribution in [0.15, 0.2) is 23.4 Å². The topological polar surface area (TPSA) is 101 Å². The Morgan fingerprint density at radius 2 is 2.33 bits per heavy atom. The minimum Gasteiger partial charge on any atom is -0.399 e. The first-order valence-corrected chi connectivity index (χ1v) is 6.82. The Morgan fingerprint density at radius 1 is 1.56 bits per heavy atom. The molecule has 0 spiro atoms. The molecule has 1 amide bonds. The maximum absolute atomic E-state index is 11.9. The zero-order valence-electron chi connectivity index (χ0n) is 9.90. The summed E-state index contributed by atoms with van der Waals surface area (Å²) >= 11 is 0. The van der Waals surface area contributed by atoms with Crippen LogP contribution in [0.3, 0.4) is 0 Å². The molecule has 2 rings (SSSR count). The van der Waals surface area contributed by atoms with Gasteiger partial charge in [0.1, 0.15) is 5.75 Å². The van der Waals surface area contributed by atoms with Crippen LogP contribution in [0.5, 0.6) is 0 Å². The molecule has 7 heteroatoms. The van der Waals surface area contributed by atoms with Crippen LogP contribution in [-0.2, 0) is 15.6 Å². The number of H-pyrrole nitrogens is 1. The Morgan fingerprint density at radius 3 is 3.06 bits per heavy atom. The van der Waals surface area contributed by atoms with Gasteiger partial charge in [-0.3, -0.25) is 9.00 Å². The summed E-state index contributed by atoms with van der Waals surface area (Å²) in [5.41, 5.74) is 7.65. The van der Waals surface area contributed by atoms with Gasteiger partial charge in [0.05, 0.1) is 21.8 Å². The predicted molar refractivity (Wildman–Crippen MR) is 70.5 cm³/mol. The van der Waals surface area contributed by atoms with E-state index < -0.39 is 10.8 Å². The Bertz CT molecular complexity index is 608. The molecule has 0 fully saturated rings. The van der Waals surface area contributed by atoms with E-state index in [1.807, 2.05) is 6.92 Å². The van der Waals surface area contributed by atoms with E-state index >= 15 is 0 Å². The second-order valence-electron chi connectivity index (χ2n) is 3.76. The van der Waals surface area contributed by atoms with Gasteiger partial charge in [-0.15, -0.1) is 0 Å². The molecule has 6 nitrogen and oxygen atoms in total. The summed E-state index contributed by atoms with van der Waals surface area (Å²) in [5, 5.41) is 2.89. The molecule has 1 atom stereocenters. The van der Waals surface area contributed by atoms with Crippen LogP contribution < -0.4 is 11.1 Å². The van der Waals surface area contributed by atoms with Gasteiger partial charge >= 0.3 is 0 Å². The van der Waals surface area contributed by atoms with Gasteiger partial charge in [-0.05, 0) is 25.1 Å². The highest BCUT2D eigenvalue weighted by atomic mass is 32.2. The van der Waals surface area contributed by atoms with Gasteiger partial charge in [0, 0.05) is 12.2 Å². The van der Waals surface area contributed by atoms with Crippen molar-refractivity contribution in [3.8, 4) is 0 Å². The predicted octanol–water partition coefficient (Wildman–Crippen LogP) is 0.389. The summed E-state index contributed by atoms with van der Waals surface area (Å²) in [7, 11) is -1.47. The summed E-state index contributed by atoms with van der Waals surface area (Å²) in [4.78, 5) is 18.4. The number of anilines is 1. The van der Waals surface area contributed by atoms with Crippen molar-refractivity contribution in [3.63, 3.8) is 0 Å². The molecule has 96 valence electrons. The maximum atomic E-state index is 11.9. The van der Waals surface area contributed by atoms with E-state index in [9.17, 15) is 9.00 Å². The van der Waals surface area contributed by atoms with E-state index in [4.69, 9.17) is 5.73 Å². The quantitative estimate of drug-likeness (QED) is 0.697. The first-order chi connectivity index (χ1) is 8.60. The number of carbonyl (C=O) groups is 1. The van der Waals surface area contributed by atoms with Crippen molar-refractivity contribution in [2.24, 2.45) is 0 Å². The van der Waals surface area contributed by atoms with Crippen LogP contribution in [0.25, 0.3) is 11.0 Å². The Kier molecular flexibility index (Phi) is 3.61. The fourth-order valence-corrected chi connectivity index (χ4v) is 2.45. The molecule has 4 N–H and O–H groups in total. The Labute approximate surface area is 106 Å². The number of benzene rings is 1. The van der Waals surface area contributed by atoms with Crippen molar-refractivity contribution < 1.29 is 9.00 Å². The summed E-state index contributed by atoms with van der Waals surface area (Å²) in [5.74, 6) is -0.348. The highest BCUT2D eigenvalue weighted by Crippen LogP contribution is 2.16. The van der Waals surface area contributed by atoms with E-state index in [0.717, 1.165) is 0 Å². The van der Waals surface area contributed by atoms with E-state index in [-0.39, 0.29) is 11.7 Å². The molecule has 1 heterocycles. The number of aromatic nitrogens is 2. The fourth-order valence-electron chi connectivity index (χ4n) is 1.55. The molecule has 18 heavy (non-hydrogen) atoms. The molecule has 1 aromatic heterocycles. The number of hydrogen-bond acceptors (Lipinski definition) is 4. The molecule has 0 saturated carbocycles.